The van der Waals surface area contributed by atoms with Gasteiger partial charge in [0.2, 0.25) is 0 Å². The number of amides is 1. The smallest absolute Gasteiger partial charge is 0.263 e. The lowest BCUT2D eigenvalue weighted by molar-refractivity contribution is -0.114. The molecule has 0 aromatic heterocycles. The van der Waals surface area contributed by atoms with Crippen LogP contribution in [-0.4, -0.2) is 20.6 Å². The van der Waals surface area contributed by atoms with E-state index in [1.165, 1.54) is 24.5 Å². The molecular formula is C11H10ClN3O3S2. The van der Waals surface area contributed by atoms with Crippen molar-refractivity contribution >= 4 is 39.3 Å². The molecule has 3 N–H and O–H groups in total. The molecule has 0 bridgehead atoms. The van der Waals surface area contributed by atoms with Crippen LogP contribution in [0.5, 0.6) is 0 Å². The third kappa shape index (κ3) is 3.66. The highest BCUT2D eigenvalue weighted by molar-refractivity contribution is 8.03. The Bertz CT molecular complexity index is 708. The van der Waals surface area contributed by atoms with Crippen LogP contribution in [0.1, 0.15) is 0 Å². The van der Waals surface area contributed by atoms with Gasteiger partial charge in [0.1, 0.15) is 21.6 Å². The van der Waals surface area contributed by atoms with Crippen molar-refractivity contribution in [1.82, 2.24) is 4.72 Å². The zero-order valence-electron chi connectivity index (χ0n) is 10.3. The van der Waals surface area contributed by atoms with E-state index < -0.39 is 21.5 Å². The third-order valence-electron chi connectivity index (χ3n) is 2.14. The van der Waals surface area contributed by atoms with Crippen molar-refractivity contribution in [3.8, 4) is 6.07 Å². The van der Waals surface area contributed by atoms with Gasteiger partial charge in [-0.2, -0.15) is 5.26 Å². The Morgan fingerprint density at radius 2 is 2.05 bits per heavy atom. The molecule has 0 fully saturated rings. The summed E-state index contributed by atoms with van der Waals surface area (Å²) in [6.45, 7) is 0. The Morgan fingerprint density at radius 1 is 1.45 bits per heavy atom. The first kappa shape index (κ1) is 16.4. The minimum Gasteiger partial charge on any atom is -0.365 e. The summed E-state index contributed by atoms with van der Waals surface area (Å²) in [5.41, 5.74) is 4.55. The molecule has 0 spiro atoms. The molecule has 1 rings (SSSR count). The predicted octanol–water partition coefficient (Wildman–Crippen LogP) is 1.20. The molecule has 0 unspecified atom stereocenters. The predicted molar refractivity (Wildman–Crippen MR) is 77.1 cm³/mol. The van der Waals surface area contributed by atoms with Crippen molar-refractivity contribution < 1.29 is 13.2 Å². The Balaban J connectivity index is 3.30. The topological polar surface area (TPSA) is 113 Å². The molecule has 0 atom stereocenters. The molecule has 6 nitrogen and oxygen atoms in total. The molecule has 0 aliphatic heterocycles. The van der Waals surface area contributed by atoms with Gasteiger partial charge in [0, 0.05) is 0 Å². The van der Waals surface area contributed by atoms with E-state index in [1.807, 2.05) is 0 Å². The molecule has 0 radical (unpaired) electrons. The number of carbonyl (C=O) groups excluding carboxylic acids is 1. The first-order valence-corrected chi connectivity index (χ1v) is 8.17. The van der Waals surface area contributed by atoms with Crippen LogP contribution in [0.4, 0.5) is 0 Å². The average molecular weight is 332 g/mol. The van der Waals surface area contributed by atoms with Gasteiger partial charge in [-0.1, -0.05) is 23.7 Å². The van der Waals surface area contributed by atoms with Crippen molar-refractivity contribution in [2.75, 3.05) is 6.26 Å². The van der Waals surface area contributed by atoms with Gasteiger partial charge in [0.25, 0.3) is 15.9 Å². The van der Waals surface area contributed by atoms with Crippen molar-refractivity contribution in [2.45, 2.75) is 4.90 Å². The molecule has 0 saturated heterocycles. The number of sulfonamides is 1. The van der Waals surface area contributed by atoms with E-state index in [-0.39, 0.29) is 14.9 Å². The van der Waals surface area contributed by atoms with Crippen LogP contribution in [0.3, 0.4) is 0 Å². The summed E-state index contributed by atoms with van der Waals surface area (Å²) in [6, 6.07) is 7.37. The minimum atomic E-state index is -4.01. The molecule has 9 heteroatoms. The minimum absolute atomic E-state index is 0.0260. The lowest BCUT2D eigenvalue weighted by atomic mass is 10.3. The lowest BCUT2D eigenvalue weighted by Crippen LogP contribution is -2.26. The van der Waals surface area contributed by atoms with Gasteiger partial charge < -0.3 is 5.73 Å². The number of thioether (sulfide) groups is 1. The van der Waals surface area contributed by atoms with Gasteiger partial charge in [-0.05, 0) is 18.4 Å². The van der Waals surface area contributed by atoms with Crippen molar-refractivity contribution in [2.24, 2.45) is 5.73 Å². The SMILES string of the molecule is CS/C(NS(=O)(=O)c1ccccc1Cl)=C(\C#N)C(N)=O. The number of halogens is 1. The fourth-order valence-corrected chi connectivity index (χ4v) is 3.74. The number of nitrogens with zero attached hydrogens (tertiary/aromatic N) is 1. The Labute approximate surface area is 125 Å². The van der Waals surface area contributed by atoms with Crippen LogP contribution in [-0.2, 0) is 14.8 Å². The zero-order valence-corrected chi connectivity index (χ0v) is 12.6. The first-order valence-electron chi connectivity index (χ1n) is 5.09. The highest BCUT2D eigenvalue weighted by Gasteiger charge is 2.21. The molecule has 106 valence electrons. The van der Waals surface area contributed by atoms with Crippen LogP contribution >= 0.6 is 23.4 Å². The first-order chi connectivity index (χ1) is 9.33. The second-order valence-electron chi connectivity index (χ2n) is 3.42. The fourth-order valence-electron chi connectivity index (χ4n) is 1.25. The molecule has 20 heavy (non-hydrogen) atoms. The zero-order chi connectivity index (χ0) is 15.3. The Morgan fingerprint density at radius 3 is 2.50 bits per heavy atom. The fraction of sp³-hybridized carbons (Fsp3) is 0.0909. The highest BCUT2D eigenvalue weighted by atomic mass is 35.5. The number of carbonyl (C=O) groups is 1. The number of hydrogen-bond acceptors (Lipinski definition) is 5. The molecule has 1 aromatic rings. The maximum Gasteiger partial charge on any atom is 0.263 e. The molecule has 0 saturated carbocycles. The van der Waals surface area contributed by atoms with Crippen LogP contribution in [0.2, 0.25) is 5.02 Å². The summed E-state index contributed by atoms with van der Waals surface area (Å²) < 4.78 is 26.5. The lowest BCUT2D eigenvalue weighted by Gasteiger charge is -2.11. The van der Waals surface area contributed by atoms with Crippen molar-refractivity contribution in [1.29, 1.82) is 5.26 Å². The van der Waals surface area contributed by atoms with E-state index in [0.717, 1.165) is 11.8 Å². The summed E-state index contributed by atoms with van der Waals surface area (Å²) in [7, 11) is -4.01. The molecule has 0 heterocycles. The monoisotopic (exact) mass is 331 g/mol. The van der Waals surface area contributed by atoms with Gasteiger partial charge in [0.05, 0.1) is 5.02 Å². The number of nitriles is 1. The van der Waals surface area contributed by atoms with Crippen molar-refractivity contribution in [3.05, 3.63) is 39.9 Å². The van der Waals surface area contributed by atoms with Gasteiger partial charge in [0.15, 0.2) is 0 Å². The summed E-state index contributed by atoms with van der Waals surface area (Å²) in [6.07, 6.45) is 1.50. The summed E-state index contributed by atoms with van der Waals surface area (Å²) >= 11 is 6.69. The van der Waals surface area contributed by atoms with E-state index in [4.69, 9.17) is 22.6 Å². The molecule has 1 amide bonds. The average Bonchev–Trinajstić information content (AvgIpc) is 2.38. The van der Waals surface area contributed by atoms with Crippen molar-refractivity contribution in [3.63, 3.8) is 0 Å². The number of primary amides is 1. The largest absolute Gasteiger partial charge is 0.365 e. The third-order valence-corrected chi connectivity index (χ3v) is 4.84. The van der Waals surface area contributed by atoms with E-state index in [2.05, 4.69) is 4.72 Å². The number of nitrogens with two attached hydrogens (primary N) is 1. The van der Waals surface area contributed by atoms with Crippen LogP contribution in [0.25, 0.3) is 0 Å². The Hall–Kier alpha value is -1.69. The Kier molecular flexibility index (Phi) is 5.44. The van der Waals surface area contributed by atoms with Gasteiger partial charge in [-0.25, -0.2) is 8.42 Å². The van der Waals surface area contributed by atoms with Gasteiger partial charge >= 0.3 is 0 Å². The maximum absolute atomic E-state index is 12.2. The van der Waals surface area contributed by atoms with Crippen LogP contribution in [0, 0.1) is 11.3 Å². The second-order valence-corrected chi connectivity index (χ2v) is 6.29. The van der Waals surface area contributed by atoms with Gasteiger partial charge in [-0.15, -0.1) is 11.8 Å². The molecule has 0 aliphatic rings. The molecule has 0 aliphatic carbocycles. The maximum atomic E-state index is 12.2. The van der Waals surface area contributed by atoms with E-state index in [9.17, 15) is 13.2 Å². The van der Waals surface area contributed by atoms with E-state index in [1.54, 1.807) is 12.1 Å². The standard InChI is InChI=1S/C11H10ClN3O3S2/c1-19-11(7(6-13)10(14)16)15-20(17,18)9-5-3-2-4-8(9)12/h2-5,15H,1H3,(H2,14,16)/b11-7+. The number of benzene rings is 1. The quantitative estimate of drug-likeness (QED) is 0.621. The van der Waals surface area contributed by atoms with Gasteiger partial charge in [-0.3, -0.25) is 9.52 Å². The highest BCUT2D eigenvalue weighted by Crippen LogP contribution is 2.23. The second kappa shape index (κ2) is 6.65. The normalized spacial score (nSPS) is 12.2. The van der Waals surface area contributed by atoms with Crippen LogP contribution in [0.15, 0.2) is 39.8 Å². The van der Waals surface area contributed by atoms with E-state index >= 15 is 0 Å². The summed E-state index contributed by atoms with van der Waals surface area (Å²) in [4.78, 5) is 10.9. The number of hydrogen-bond donors (Lipinski definition) is 2. The number of nitrogens with one attached hydrogen (secondary N) is 1. The van der Waals surface area contributed by atoms with E-state index in [0.29, 0.717) is 0 Å². The summed E-state index contributed by atoms with van der Waals surface area (Å²) in [5, 5.41) is 8.71. The molecular weight excluding hydrogens is 322 g/mol. The summed E-state index contributed by atoms with van der Waals surface area (Å²) in [5.74, 6) is -1.02. The number of rotatable bonds is 5. The van der Waals surface area contributed by atoms with Crippen LogP contribution < -0.4 is 10.5 Å². The molecule has 1 aromatic carbocycles.